The second-order valence-electron chi connectivity index (χ2n) is 9.32. The molecule has 2 heterocycles. The van der Waals surface area contributed by atoms with Crippen molar-refractivity contribution in [2.45, 2.75) is 34.6 Å². The average molecular weight is 555 g/mol. The van der Waals surface area contributed by atoms with Crippen LogP contribution in [0.15, 0.2) is 47.4 Å². The highest BCUT2D eigenvalue weighted by Crippen LogP contribution is 2.36. The lowest BCUT2D eigenvalue weighted by Gasteiger charge is -2.19. The molecule has 0 aliphatic heterocycles. The van der Waals surface area contributed by atoms with Crippen LogP contribution in [0.1, 0.15) is 41.0 Å². The minimum Gasteiger partial charge on any atom is -0.455 e. The zero-order valence-electron chi connectivity index (χ0n) is 22.4. The number of benzene rings is 2. The number of aromatic amines is 1. The number of aryl methyl sites for hydroxylation is 3. The maximum Gasteiger partial charge on any atom is 0.232 e. The first-order valence-corrected chi connectivity index (χ1v) is 14.2. The highest BCUT2D eigenvalue weighted by molar-refractivity contribution is 7.92. The molecule has 0 unspecified atom stereocenters. The van der Waals surface area contributed by atoms with Gasteiger partial charge in [-0.15, -0.1) is 0 Å². The molecule has 0 saturated carbocycles. The van der Waals surface area contributed by atoms with Crippen LogP contribution in [0.4, 0.5) is 10.1 Å². The number of ether oxygens (including phenoxy) is 1. The molecule has 2 aromatic heterocycles. The molecule has 0 aliphatic rings. The zero-order chi connectivity index (χ0) is 28.5. The Labute approximate surface area is 226 Å². The topological polar surface area (TPSA) is 122 Å². The number of nitrogens with zero attached hydrogens (tertiary/aromatic N) is 1. The number of hydrogen-bond donors (Lipinski definition) is 3. The van der Waals surface area contributed by atoms with E-state index in [1.54, 1.807) is 55.8 Å². The van der Waals surface area contributed by atoms with Crippen LogP contribution < -0.4 is 20.2 Å². The minimum atomic E-state index is -3.58. The number of carbonyl (C=O) groups is 1. The number of hydrogen-bond acceptors (Lipinski definition) is 6. The van der Waals surface area contributed by atoms with Gasteiger partial charge in [0, 0.05) is 11.8 Å². The molecule has 0 aliphatic carbocycles. The molecule has 0 radical (unpaired) electrons. The van der Waals surface area contributed by atoms with Gasteiger partial charge >= 0.3 is 0 Å². The summed E-state index contributed by atoms with van der Waals surface area (Å²) >= 11 is 0. The van der Waals surface area contributed by atoms with E-state index in [0.29, 0.717) is 45.9 Å². The number of H-pyrrole nitrogens is 1. The molecule has 4 aromatic rings. The number of likely N-dealkylation sites (N-methyl/N-ethyl adjacent to an activating group) is 1. The number of carbonyl (C=O) groups excluding carboxylic acids is 1. The fourth-order valence-corrected chi connectivity index (χ4v) is 4.91. The number of Topliss-reactive ketones (excluding diaryl/α,β-unsaturated/α-hetero) is 1. The number of ketones is 1. The predicted molar refractivity (Wildman–Crippen MR) is 151 cm³/mol. The second-order valence-corrected chi connectivity index (χ2v) is 11.3. The third-order valence-corrected chi connectivity index (χ3v) is 7.62. The molecule has 2 aromatic carbocycles. The number of aromatic nitrogens is 2. The highest BCUT2D eigenvalue weighted by Gasteiger charge is 2.20. The normalized spacial score (nSPS) is 11.6. The summed E-state index contributed by atoms with van der Waals surface area (Å²) in [6, 6.07) is 9.08. The number of pyridine rings is 1. The number of halogens is 1. The third kappa shape index (κ3) is 5.89. The Morgan fingerprint density at radius 3 is 2.38 bits per heavy atom. The lowest BCUT2D eigenvalue weighted by Crippen LogP contribution is -2.22. The summed E-state index contributed by atoms with van der Waals surface area (Å²) in [4.78, 5) is 28.7. The molecule has 0 saturated heterocycles. The molecule has 9 nitrogen and oxygen atoms in total. The molecule has 39 heavy (non-hydrogen) atoms. The van der Waals surface area contributed by atoms with Crippen LogP contribution >= 0.6 is 0 Å². The van der Waals surface area contributed by atoms with Gasteiger partial charge in [-0.3, -0.25) is 14.3 Å². The van der Waals surface area contributed by atoms with Crippen molar-refractivity contribution in [1.82, 2.24) is 14.9 Å². The van der Waals surface area contributed by atoms with Gasteiger partial charge in [0.1, 0.15) is 17.1 Å². The molecule has 3 N–H and O–H groups in total. The molecule has 0 fully saturated rings. The third-order valence-electron chi connectivity index (χ3n) is 6.31. The van der Waals surface area contributed by atoms with Crippen molar-refractivity contribution in [3.63, 3.8) is 0 Å². The molecule has 4 rings (SSSR count). The van der Waals surface area contributed by atoms with E-state index in [1.165, 1.54) is 19.1 Å². The lowest BCUT2D eigenvalue weighted by molar-refractivity contribution is 0.0988. The van der Waals surface area contributed by atoms with Crippen LogP contribution in [0.3, 0.4) is 0 Å². The van der Waals surface area contributed by atoms with Crippen molar-refractivity contribution in [2.75, 3.05) is 23.6 Å². The van der Waals surface area contributed by atoms with Crippen molar-refractivity contribution in [1.29, 1.82) is 0 Å². The summed E-state index contributed by atoms with van der Waals surface area (Å²) in [6.45, 7) is 9.23. The van der Waals surface area contributed by atoms with E-state index in [2.05, 4.69) is 15.0 Å². The van der Waals surface area contributed by atoms with Gasteiger partial charge in [0.2, 0.25) is 15.5 Å². The Morgan fingerprint density at radius 2 is 1.74 bits per heavy atom. The molecule has 206 valence electrons. The molecular formula is C28H31FN4O5S. The fourth-order valence-electron chi connectivity index (χ4n) is 4.28. The number of anilines is 1. The van der Waals surface area contributed by atoms with Gasteiger partial charge in [-0.25, -0.2) is 12.8 Å². The number of sulfonamides is 1. The Hall–Kier alpha value is -3.96. The van der Waals surface area contributed by atoms with Gasteiger partial charge in [0.15, 0.2) is 11.5 Å². The number of fused-ring (bicyclic) bond motifs is 1. The standard InChI is InChI=1S/C28H31FN4O5S/c1-6-30-14-24(34)21-13-23-26(31-21)27(35)18(5)15-33(23)22-12-20(32-39(36,37)7-2)8-9-25(22)38-28-16(3)10-19(29)11-17(28)4/h8-13,15,30-32H,6-7,14H2,1-5H3. The van der Waals surface area contributed by atoms with E-state index in [4.69, 9.17) is 4.74 Å². The first-order valence-electron chi connectivity index (χ1n) is 12.5. The lowest BCUT2D eigenvalue weighted by atomic mass is 10.1. The van der Waals surface area contributed by atoms with E-state index in [9.17, 15) is 22.4 Å². The SMILES string of the molecule is CCNCC(=O)c1cc2c([nH]1)c(=O)c(C)cn2-c1cc(NS(=O)(=O)CC)ccc1Oc1c(C)cc(F)cc1C. The van der Waals surface area contributed by atoms with Crippen LogP contribution in [0.25, 0.3) is 16.7 Å². The van der Waals surface area contributed by atoms with Gasteiger partial charge in [-0.2, -0.15) is 0 Å². The van der Waals surface area contributed by atoms with Gasteiger partial charge in [0.25, 0.3) is 0 Å². The molecule has 0 amide bonds. The van der Waals surface area contributed by atoms with Gasteiger partial charge in [-0.05, 0) is 81.8 Å². The van der Waals surface area contributed by atoms with Crippen LogP contribution in [0, 0.1) is 26.6 Å². The maximum absolute atomic E-state index is 13.9. The molecular weight excluding hydrogens is 523 g/mol. The zero-order valence-corrected chi connectivity index (χ0v) is 23.3. The maximum atomic E-state index is 13.9. The highest BCUT2D eigenvalue weighted by atomic mass is 32.2. The van der Waals surface area contributed by atoms with E-state index >= 15 is 0 Å². The van der Waals surface area contributed by atoms with Gasteiger partial charge in [-0.1, -0.05) is 6.92 Å². The summed E-state index contributed by atoms with van der Waals surface area (Å²) in [5, 5.41) is 2.98. The number of nitrogens with one attached hydrogen (secondary N) is 3. The van der Waals surface area contributed by atoms with Crippen molar-refractivity contribution in [2.24, 2.45) is 0 Å². The van der Waals surface area contributed by atoms with Crippen LogP contribution in [-0.2, 0) is 10.0 Å². The van der Waals surface area contributed by atoms with Crippen molar-refractivity contribution >= 4 is 32.5 Å². The summed E-state index contributed by atoms with van der Waals surface area (Å²) in [6.07, 6.45) is 1.61. The summed E-state index contributed by atoms with van der Waals surface area (Å²) in [5.41, 5.74) is 2.89. The Kier molecular flexibility index (Phi) is 7.94. The molecule has 0 atom stereocenters. The van der Waals surface area contributed by atoms with Crippen molar-refractivity contribution < 1.29 is 22.3 Å². The first-order chi connectivity index (χ1) is 18.4. The van der Waals surface area contributed by atoms with E-state index in [-0.39, 0.29) is 46.2 Å². The molecule has 11 heteroatoms. The van der Waals surface area contributed by atoms with Gasteiger partial charge < -0.3 is 19.6 Å². The summed E-state index contributed by atoms with van der Waals surface area (Å²) in [5.74, 6) is 0.0599. The van der Waals surface area contributed by atoms with Crippen molar-refractivity contribution in [3.8, 4) is 17.2 Å². The monoisotopic (exact) mass is 554 g/mol. The minimum absolute atomic E-state index is 0.0995. The van der Waals surface area contributed by atoms with E-state index in [0.717, 1.165) is 0 Å². The van der Waals surface area contributed by atoms with Crippen molar-refractivity contribution in [3.05, 3.63) is 81.0 Å². The Bertz CT molecular complexity index is 1720. The second kappa shape index (κ2) is 11.0. The van der Waals surface area contributed by atoms with E-state index in [1.807, 2.05) is 6.92 Å². The summed E-state index contributed by atoms with van der Waals surface area (Å²) in [7, 11) is -3.58. The van der Waals surface area contributed by atoms with E-state index < -0.39 is 10.0 Å². The number of rotatable bonds is 10. The fraction of sp³-hybridized carbons (Fsp3) is 0.286. The smallest absolute Gasteiger partial charge is 0.232 e. The van der Waals surface area contributed by atoms with Crippen LogP contribution in [-0.4, -0.2) is 42.6 Å². The largest absolute Gasteiger partial charge is 0.455 e. The summed E-state index contributed by atoms with van der Waals surface area (Å²) < 4.78 is 49.1. The first kappa shape index (κ1) is 28.1. The quantitative estimate of drug-likeness (QED) is 0.244. The molecule has 0 bridgehead atoms. The predicted octanol–water partition coefficient (Wildman–Crippen LogP) is 4.73. The average Bonchev–Trinajstić information content (AvgIpc) is 3.33. The van der Waals surface area contributed by atoms with Crippen LogP contribution in [0.2, 0.25) is 0 Å². The molecule has 0 spiro atoms. The van der Waals surface area contributed by atoms with Gasteiger partial charge in [0.05, 0.1) is 34.9 Å². The Morgan fingerprint density at radius 1 is 1.05 bits per heavy atom. The van der Waals surface area contributed by atoms with Crippen LogP contribution in [0.5, 0.6) is 11.5 Å². The Balaban J connectivity index is 1.96.